The van der Waals surface area contributed by atoms with Crippen molar-refractivity contribution in [3.05, 3.63) is 28.3 Å². The number of benzene rings is 1. The number of nitro benzene ring substituents is 1. The van der Waals surface area contributed by atoms with Gasteiger partial charge in [0, 0.05) is 23.9 Å². The number of carbonyl (C=O) groups is 1. The Hall–Kier alpha value is -2.31. The van der Waals surface area contributed by atoms with Gasteiger partial charge in [-0.2, -0.15) is 0 Å². The molecule has 0 atom stereocenters. The van der Waals surface area contributed by atoms with Crippen molar-refractivity contribution in [3.8, 4) is 5.75 Å². The highest BCUT2D eigenvalue weighted by Crippen LogP contribution is 2.33. The Kier molecular flexibility index (Phi) is 4.62. The first-order valence-corrected chi connectivity index (χ1v) is 6.80. The molecule has 1 aromatic carbocycles. The summed E-state index contributed by atoms with van der Waals surface area (Å²) in [5, 5.41) is 14.0. The molecule has 0 aliphatic heterocycles. The van der Waals surface area contributed by atoms with Crippen molar-refractivity contribution < 1.29 is 19.2 Å². The summed E-state index contributed by atoms with van der Waals surface area (Å²) >= 11 is 0. The topological polar surface area (TPSA) is 90.7 Å². The van der Waals surface area contributed by atoms with Crippen LogP contribution in [0.15, 0.2) is 18.2 Å². The molecule has 1 fully saturated rings. The molecule has 1 aliphatic carbocycles. The third kappa shape index (κ3) is 3.62. The number of methoxy groups -OCH3 is 1. The van der Waals surface area contributed by atoms with Crippen LogP contribution in [0, 0.1) is 16.0 Å². The van der Waals surface area contributed by atoms with Crippen LogP contribution in [-0.2, 0) is 9.53 Å². The summed E-state index contributed by atoms with van der Waals surface area (Å²) in [5.41, 5.74) is 0.589. The Labute approximate surface area is 122 Å². The van der Waals surface area contributed by atoms with E-state index in [1.807, 2.05) is 0 Å². The summed E-state index contributed by atoms with van der Waals surface area (Å²) < 4.78 is 10.0. The smallest absolute Gasteiger partial charge is 0.309 e. The fraction of sp³-hybridized carbons (Fsp3) is 0.500. The van der Waals surface area contributed by atoms with Crippen LogP contribution in [-0.4, -0.2) is 30.7 Å². The minimum Gasteiger partial charge on any atom is -0.496 e. The molecule has 0 heterocycles. The fourth-order valence-corrected chi connectivity index (χ4v) is 2.31. The van der Waals surface area contributed by atoms with E-state index < -0.39 is 4.92 Å². The molecule has 1 saturated carbocycles. The Morgan fingerprint density at radius 1 is 1.43 bits per heavy atom. The summed E-state index contributed by atoms with van der Waals surface area (Å²) in [4.78, 5) is 21.9. The van der Waals surface area contributed by atoms with Gasteiger partial charge in [0.25, 0.3) is 5.69 Å². The normalized spacial score (nSPS) is 20.3. The van der Waals surface area contributed by atoms with E-state index in [4.69, 9.17) is 9.47 Å². The van der Waals surface area contributed by atoms with Crippen molar-refractivity contribution >= 4 is 17.3 Å². The van der Waals surface area contributed by atoms with E-state index in [9.17, 15) is 14.9 Å². The number of hydrogen-bond donors (Lipinski definition) is 1. The van der Waals surface area contributed by atoms with E-state index in [-0.39, 0.29) is 23.6 Å². The summed E-state index contributed by atoms with van der Waals surface area (Å²) in [6.07, 6.45) is 1.34. The van der Waals surface area contributed by atoms with Crippen LogP contribution in [0.25, 0.3) is 0 Å². The lowest BCUT2D eigenvalue weighted by Gasteiger charge is -2.34. The maximum Gasteiger partial charge on any atom is 0.309 e. The van der Waals surface area contributed by atoms with E-state index in [0.29, 0.717) is 30.9 Å². The Morgan fingerprint density at radius 2 is 2.14 bits per heavy atom. The zero-order valence-corrected chi connectivity index (χ0v) is 12.0. The standard InChI is InChI=1S/C14H18N2O5/c1-3-21-14(17)9-4-10(5-9)15-11-6-12(16(18)19)8-13(7-11)20-2/h6-10,15H,3-5H2,1-2H3. The number of nitrogens with one attached hydrogen (secondary N) is 1. The summed E-state index contributed by atoms with van der Waals surface area (Å²) in [7, 11) is 1.46. The van der Waals surface area contributed by atoms with E-state index in [2.05, 4.69) is 5.32 Å². The minimum absolute atomic E-state index is 0.0295. The minimum atomic E-state index is -0.462. The number of ether oxygens (including phenoxy) is 2. The number of rotatable bonds is 6. The van der Waals surface area contributed by atoms with Crippen LogP contribution >= 0.6 is 0 Å². The third-order valence-corrected chi connectivity index (χ3v) is 3.47. The molecule has 21 heavy (non-hydrogen) atoms. The van der Waals surface area contributed by atoms with Crippen LogP contribution in [0.5, 0.6) is 5.75 Å². The van der Waals surface area contributed by atoms with Gasteiger partial charge in [-0.05, 0) is 19.8 Å². The van der Waals surface area contributed by atoms with Gasteiger partial charge in [-0.3, -0.25) is 14.9 Å². The second-order valence-corrected chi connectivity index (χ2v) is 4.94. The third-order valence-electron chi connectivity index (χ3n) is 3.47. The van der Waals surface area contributed by atoms with Gasteiger partial charge in [0.2, 0.25) is 0 Å². The van der Waals surface area contributed by atoms with E-state index in [0.717, 1.165) is 0 Å². The van der Waals surface area contributed by atoms with Crippen molar-refractivity contribution in [2.24, 2.45) is 5.92 Å². The first-order chi connectivity index (χ1) is 10.0. The van der Waals surface area contributed by atoms with Gasteiger partial charge in [0.1, 0.15) is 5.75 Å². The average Bonchev–Trinajstić information content (AvgIpc) is 2.42. The van der Waals surface area contributed by atoms with Crippen molar-refractivity contribution in [2.75, 3.05) is 19.0 Å². The molecule has 1 aromatic rings. The first-order valence-electron chi connectivity index (χ1n) is 6.80. The van der Waals surface area contributed by atoms with Crippen LogP contribution in [0.1, 0.15) is 19.8 Å². The van der Waals surface area contributed by atoms with Crippen LogP contribution in [0.3, 0.4) is 0 Å². The maximum atomic E-state index is 11.5. The largest absolute Gasteiger partial charge is 0.496 e. The van der Waals surface area contributed by atoms with Crippen LogP contribution < -0.4 is 10.1 Å². The molecule has 0 bridgehead atoms. The molecule has 2 rings (SSSR count). The molecular formula is C14H18N2O5. The predicted octanol–water partition coefficient (Wildman–Crippen LogP) is 2.36. The lowest BCUT2D eigenvalue weighted by Crippen LogP contribution is -2.40. The molecular weight excluding hydrogens is 276 g/mol. The van der Waals surface area contributed by atoms with Crippen LogP contribution in [0.4, 0.5) is 11.4 Å². The molecule has 0 radical (unpaired) electrons. The van der Waals surface area contributed by atoms with Gasteiger partial charge in [-0.25, -0.2) is 0 Å². The molecule has 0 amide bonds. The van der Waals surface area contributed by atoms with Gasteiger partial charge in [0.15, 0.2) is 0 Å². The number of nitrogens with zero attached hydrogens (tertiary/aromatic N) is 1. The quantitative estimate of drug-likeness (QED) is 0.492. The molecule has 1 aliphatic rings. The van der Waals surface area contributed by atoms with Gasteiger partial charge >= 0.3 is 5.97 Å². The van der Waals surface area contributed by atoms with Gasteiger partial charge < -0.3 is 14.8 Å². The number of non-ortho nitro benzene ring substituents is 1. The second-order valence-electron chi connectivity index (χ2n) is 4.94. The molecule has 7 heteroatoms. The summed E-state index contributed by atoms with van der Waals surface area (Å²) in [5.74, 6) is 0.170. The SMILES string of the molecule is CCOC(=O)C1CC(Nc2cc(OC)cc([N+](=O)[O-])c2)C1. The molecule has 0 unspecified atom stereocenters. The Bertz CT molecular complexity index is 540. The predicted molar refractivity (Wildman–Crippen MR) is 76.4 cm³/mol. The number of hydrogen-bond acceptors (Lipinski definition) is 6. The molecule has 0 aromatic heterocycles. The Balaban J connectivity index is 1.97. The van der Waals surface area contributed by atoms with Gasteiger partial charge in [-0.15, -0.1) is 0 Å². The van der Waals surface area contributed by atoms with Crippen molar-refractivity contribution in [1.82, 2.24) is 0 Å². The van der Waals surface area contributed by atoms with Gasteiger partial charge in [0.05, 0.1) is 30.6 Å². The van der Waals surface area contributed by atoms with Crippen molar-refractivity contribution in [1.29, 1.82) is 0 Å². The average molecular weight is 294 g/mol. The zero-order chi connectivity index (χ0) is 15.4. The second kappa shape index (κ2) is 6.43. The monoisotopic (exact) mass is 294 g/mol. The Morgan fingerprint density at radius 3 is 2.71 bits per heavy atom. The molecule has 114 valence electrons. The number of esters is 1. The highest BCUT2D eigenvalue weighted by molar-refractivity contribution is 5.74. The molecule has 1 N–H and O–H groups in total. The molecule has 0 saturated heterocycles. The van der Waals surface area contributed by atoms with Gasteiger partial charge in [-0.1, -0.05) is 0 Å². The van der Waals surface area contributed by atoms with Crippen molar-refractivity contribution in [3.63, 3.8) is 0 Å². The highest BCUT2D eigenvalue weighted by Gasteiger charge is 2.35. The highest BCUT2D eigenvalue weighted by atomic mass is 16.6. The van der Waals surface area contributed by atoms with E-state index >= 15 is 0 Å². The maximum absolute atomic E-state index is 11.5. The summed E-state index contributed by atoms with van der Waals surface area (Å²) in [6, 6.07) is 4.64. The van der Waals surface area contributed by atoms with E-state index in [1.54, 1.807) is 13.0 Å². The summed E-state index contributed by atoms with van der Waals surface area (Å²) in [6.45, 7) is 2.16. The number of carbonyl (C=O) groups excluding carboxylic acids is 1. The molecule has 0 spiro atoms. The fourth-order valence-electron chi connectivity index (χ4n) is 2.31. The lowest BCUT2D eigenvalue weighted by atomic mass is 9.80. The lowest BCUT2D eigenvalue weighted by molar-refractivity contribution is -0.384. The first kappa shape index (κ1) is 15.1. The van der Waals surface area contributed by atoms with E-state index in [1.165, 1.54) is 19.2 Å². The van der Waals surface area contributed by atoms with Crippen molar-refractivity contribution in [2.45, 2.75) is 25.8 Å². The number of anilines is 1. The van der Waals surface area contributed by atoms with Crippen LogP contribution in [0.2, 0.25) is 0 Å². The number of nitro groups is 1. The molecule has 7 nitrogen and oxygen atoms in total. The zero-order valence-electron chi connectivity index (χ0n) is 12.0.